The summed E-state index contributed by atoms with van der Waals surface area (Å²) < 4.78 is 28.2. The van der Waals surface area contributed by atoms with Gasteiger partial charge in [-0.2, -0.15) is 0 Å². The van der Waals surface area contributed by atoms with Gasteiger partial charge in [0.15, 0.2) is 0 Å². The van der Waals surface area contributed by atoms with Crippen LogP contribution in [0.1, 0.15) is 18.1 Å². The van der Waals surface area contributed by atoms with Crippen LogP contribution in [0.3, 0.4) is 0 Å². The third-order valence-electron chi connectivity index (χ3n) is 2.90. The second-order valence-corrected chi connectivity index (χ2v) is 7.05. The van der Waals surface area contributed by atoms with Gasteiger partial charge in [-0.05, 0) is 31.5 Å². The second-order valence-electron chi connectivity index (χ2n) is 4.87. The Morgan fingerprint density at radius 1 is 1.37 bits per heavy atom. The Morgan fingerprint density at radius 2 is 2.05 bits per heavy atom. The van der Waals surface area contributed by atoms with Crippen LogP contribution in [0.2, 0.25) is 0 Å². The molecule has 0 bridgehead atoms. The monoisotopic (exact) mass is 285 g/mol. The first-order valence-corrected chi connectivity index (χ1v) is 8.46. The zero-order valence-electron chi connectivity index (χ0n) is 12.1. The quantitative estimate of drug-likeness (QED) is 0.826. The van der Waals surface area contributed by atoms with Gasteiger partial charge in [-0.15, -0.1) is 0 Å². The zero-order valence-corrected chi connectivity index (χ0v) is 12.9. The van der Waals surface area contributed by atoms with Gasteiger partial charge in [0.25, 0.3) is 0 Å². The van der Waals surface area contributed by atoms with Crippen LogP contribution in [-0.4, -0.2) is 40.1 Å². The molecule has 0 fully saturated rings. The number of methoxy groups -OCH3 is 1. The SMILES string of the molecule is CCNC(Cc1cc(C)ccc1OC)CS(C)(=O)=O. The van der Waals surface area contributed by atoms with Crippen molar-refractivity contribution in [1.29, 1.82) is 0 Å². The molecule has 0 saturated carbocycles. The van der Waals surface area contributed by atoms with Crippen LogP contribution in [0.4, 0.5) is 0 Å². The highest BCUT2D eigenvalue weighted by Gasteiger charge is 2.17. The maximum Gasteiger partial charge on any atom is 0.148 e. The Labute approximate surface area is 116 Å². The molecule has 108 valence electrons. The highest BCUT2D eigenvalue weighted by atomic mass is 32.2. The fourth-order valence-corrected chi connectivity index (χ4v) is 3.14. The predicted octanol–water partition coefficient (Wildman–Crippen LogP) is 1.57. The molecule has 0 heterocycles. The molecule has 5 heteroatoms. The van der Waals surface area contributed by atoms with Gasteiger partial charge in [0.1, 0.15) is 15.6 Å². The first-order chi connectivity index (χ1) is 8.85. The van der Waals surface area contributed by atoms with E-state index in [-0.39, 0.29) is 11.8 Å². The van der Waals surface area contributed by atoms with Crippen LogP contribution in [0.5, 0.6) is 5.75 Å². The van der Waals surface area contributed by atoms with Crippen LogP contribution >= 0.6 is 0 Å². The summed E-state index contributed by atoms with van der Waals surface area (Å²) in [5.41, 5.74) is 2.18. The molecular formula is C14H23NO3S. The van der Waals surface area contributed by atoms with Gasteiger partial charge in [0.05, 0.1) is 12.9 Å². The normalized spacial score (nSPS) is 13.3. The van der Waals surface area contributed by atoms with E-state index in [4.69, 9.17) is 4.74 Å². The van der Waals surface area contributed by atoms with E-state index in [0.717, 1.165) is 23.4 Å². The average molecular weight is 285 g/mol. The van der Waals surface area contributed by atoms with Crippen LogP contribution in [0.15, 0.2) is 18.2 Å². The summed E-state index contributed by atoms with van der Waals surface area (Å²) in [7, 11) is -1.37. The molecule has 0 amide bonds. The fourth-order valence-electron chi connectivity index (χ4n) is 2.18. The summed E-state index contributed by atoms with van der Waals surface area (Å²) in [5, 5.41) is 3.22. The second kappa shape index (κ2) is 6.91. The van der Waals surface area contributed by atoms with Gasteiger partial charge in [-0.1, -0.05) is 24.6 Å². The van der Waals surface area contributed by atoms with Crippen molar-refractivity contribution in [2.45, 2.75) is 26.3 Å². The third-order valence-corrected chi connectivity index (χ3v) is 3.91. The van der Waals surface area contributed by atoms with E-state index in [1.807, 2.05) is 32.0 Å². The standard InChI is InChI=1S/C14H23NO3S/c1-5-15-13(10-19(4,16)17)9-12-8-11(2)6-7-14(12)18-3/h6-8,13,15H,5,9-10H2,1-4H3. The lowest BCUT2D eigenvalue weighted by Gasteiger charge is -2.19. The van der Waals surface area contributed by atoms with Crippen molar-refractivity contribution >= 4 is 9.84 Å². The molecule has 0 aliphatic carbocycles. The lowest BCUT2D eigenvalue weighted by molar-refractivity contribution is 0.406. The number of hydrogen-bond acceptors (Lipinski definition) is 4. The van der Waals surface area contributed by atoms with Gasteiger partial charge >= 0.3 is 0 Å². The molecular weight excluding hydrogens is 262 g/mol. The number of hydrogen-bond donors (Lipinski definition) is 1. The third kappa shape index (κ3) is 5.61. The topological polar surface area (TPSA) is 55.4 Å². The van der Waals surface area contributed by atoms with Gasteiger partial charge < -0.3 is 10.1 Å². The van der Waals surface area contributed by atoms with Crippen molar-refractivity contribution in [2.75, 3.05) is 25.7 Å². The van der Waals surface area contributed by atoms with Crippen LogP contribution in [-0.2, 0) is 16.3 Å². The van der Waals surface area contributed by atoms with Crippen molar-refractivity contribution < 1.29 is 13.2 Å². The lowest BCUT2D eigenvalue weighted by atomic mass is 10.0. The van der Waals surface area contributed by atoms with Crippen molar-refractivity contribution in [2.24, 2.45) is 0 Å². The molecule has 1 N–H and O–H groups in total. The summed E-state index contributed by atoms with van der Waals surface area (Å²) in [6.07, 6.45) is 1.91. The molecule has 19 heavy (non-hydrogen) atoms. The molecule has 0 aliphatic rings. The summed E-state index contributed by atoms with van der Waals surface area (Å²) in [6, 6.07) is 5.87. The molecule has 1 atom stereocenters. The Kier molecular flexibility index (Phi) is 5.82. The van der Waals surface area contributed by atoms with E-state index in [9.17, 15) is 8.42 Å². The predicted molar refractivity (Wildman–Crippen MR) is 78.6 cm³/mol. The average Bonchev–Trinajstić information content (AvgIpc) is 2.27. The van der Waals surface area contributed by atoms with Crippen molar-refractivity contribution in [3.05, 3.63) is 29.3 Å². The molecule has 0 aliphatic heterocycles. The molecule has 0 spiro atoms. The number of rotatable bonds is 7. The summed E-state index contributed by atoms with van der Waals surface area (Å²) in [5.74, 6) is 0.944. The number of aryl methyl sites for hydroxylation is 1. The molecule has 4 nitrogen and oxygen atoms in total. The number of ether oxygens (including phenoxy) is 1. The zero-order chi connectivity index (χ0) is 14.5. The van der Waals surface area contributed by atoms with E-state index in [1.165, 1.54) is 6.26 Å². The van der Waals surface area contributed by atoms with Gasteiger partial charge in [0, 0.05) is 12.3 Å². The van der Waals surface area contributed by atoms with E-state index in [1.54, 1.807) is 7.11 Å². The minimum absolute atomic E-state index is 0.0873. The van der Waals surface area contributed by atoms with Crippen molar-refractivity contribution in [1.82, 2.24) is 5.32 Å². The number of nitrogens with one attached hydrogen (secondary N) is 1. The maximum absolute atomic E-state index is 11.5. The van der Waals surface area contributed by atoms with Gasteiger partial charge in [-0.3, -0.25) is 0 Å². The number of likely N-dealkylation sites (N-methyl/N-ethyl adjacent to an activating group) is 1. The Hall–Kier alpha value is -1.07. The molecule has 1 unspecified atom stereocenters. The Bertz CT molecular complexity index is 511. The molecule has 0 radical (unpaired) electrons. The van der Waals surface area contributed by atoms with E-state index in [2.05, 4.69) is 5.32 Å². The van der Waals surface area contributed by atoms with Gasteiger partial charge in [-0.25, -0.2) is 8.42 Å². The minimum atomic E-state index is -3.00. The molecule has 1 aromatic carbocycles. The van der Waals surface area contributed by atoms with Crippen molar-refractivity contribution in [3.63, 3.8) is 0 Å². The van der Waals surface area contributed by atoms with Gasteiger partial charge in [0.2, 0.25) is 0 Å². The smallest absolute Gasteiger partial charge is 0.148 e. The number of benzene rings is 1. The highest BCUT2D eigenvalue weighted by molar-refractivity contribution is 7.90. The minimum Gasteiger partial charge on any atom is -0.496 e. The first-order valence-electron chi connectivity index (χ1n) is 6.40. The molecule has 1 aromatic rings. The summed E-state index contributed by atoms with van der Waals surface area (Å²) in [4.78, 5) is 0. The summed E-state index contributed by atoms with van der Waals surface area (Å²) in [6.45, 7) is 4.73. The maximum atomic E-state index is 11.5. The summed E-state index contributed by atoms with van der Waals surface area (Å²) >= 11 is 0. The lowest BCUT2D eigenvalue weighted by Crippen LogP contribution is -2.37. The van der Waals surface area contributed by atoms with E-state index in [0.29, 0.717) is 6.42 Å². The highest BCUT2D eigenvalue weighted by Crippen LogP contribution is 2.21. The number of sulfone groups is 1. The Balaban J connectivity index is 2.92. The molecule has 0 aromatic heterocycles. The van der Waals surface area contributed by atoms with E-state index < -0.39 is 9.84 Å². The van der Waals surface area contributed by atoms with Crippen LogP contribution < -0.4 is 10.1 Å². The Morgan fingerprint density at radius 3 is 2.58 bits per heavy atom. The van der Waals surface area contributed by atoms with Crippen molar-refractivity contribution in [3.8, 4) is 5.75 Å². The van der Waals surface area contributed by atoms with Crippen LogP contribution in [0, 0.1) is 6.92 Å². The molecule has 0 saturated heterocycles. The van der Waals surface area contributed by atoms with E-state index >= 15 is 0 Å². The fraction of sp³-hybridized carbons (Fsp3) is 0.571. The first kappa shape index (κ1) is 16.0. The largest absolute Gasteiger partial charge is 0.496 e. The van der Waals surface area contributed by atoms with Crippen LogP contribution in [0.25, 0.3) is 0 Å². The molecule has 1 rings (SSSR count).